The molecule has 0 radical (unpaired) electrons. The molecule has 3 rings (SSSR count). The summed E-state index contributed by atoms with van der Waals surface area (Å²) < 4.78 is 28.5. The van der Waals surface area contributed by atoms with E-state index < -0.39 is 9.84 Å². The van der Waals surface area contributed by atoms with Crippen LogP contribution >= 0.6 is 11.6 Å². The second-order valence-electron chi connectivity index (χ2n) is 6.90. The van der Waals surface area contributed by atoms with Gasteiger partial charge in [0.1, 0.15) is 11.6 Å². The summed E-state index contributed by atoms with van der Waals surface area (Å²) in [5, 5.41) is 0.608. The predicted octanol–water partition coefficient (Wildman–Crippen LogP) is 2.65. The fraction of sp³-hybridized carbons (Fsp3) is 0.400. The highest BCUT2D eigenvalue weighted by atomic mass is 35.5. The monoisotopic (exact) mass is 437 g/mol. The highest BCUT2D eigenvalue weighted by molar-refractivity contribution is 7.90. The molecule has 1 amide bonds. The SMILES string of the molecule is CS(=O)(=O)c1ccc(OCCCC(=O)N2CCN(c3ccc(Cl)cn3)CC2)cc1. The number of amides is 1. The number of sulfone groups is 1. The number of anilines is 1. The average Bonchev–Trinajstić information content (AvgIpc) is 2.71. The Morgan fingerprint density at radius 3 is 2.38 bits per heavy atom. The Bertz CT molecular complexity index is 925. The van der Waals surface area contributed by atoms with Gasteiger partial charge in [0.25, 0.3) is 0 Å². The van der Waals surface area contributed by atoms with Crippen LogP contribution in [0.4, 0.5) is 5.82 Å². The number of ether oxygens (including phenoxy) is 1. The Kier molecular flexibility index (Phi) is 6.97. The van der Waals surface area contributed by atoms with Gasteiger partial charge in [0, 0.05) is 45.1 Å². The smallest absolute Gasteiger partial charge is 0.222 e. The van der Waals surface area contributed by atoms with Gasteiger partial charge in [-0.3, -0.25) is 4.79 Å². The zero-order chi connectivity index (χ0) is 20.9. The van der Waals surface area contributed by atoms with E-state index >= 15 is 0 Å². The van der Waals surface area contributed by atoms with Crippen LogP contribution in [-0.4, -0.2) is 63.3 Å². The van der Waals surface area contributed by atoms with Crippen LogP contribution in [0.25, 0.3) is 0 Å². The number of piperazine rings is 1. The molecule has 0 spiro atoms. The Labute approximate surface area is 176 Å². The molecule has 1 aliphatic rings. The Balaban J connectivity index is 1.37. The number of pyridine rings is 1. The van der Waals surface area contributed by atoms with Crippen LogP contribution in [0.3, 0.4) is 0 Å². The van der Waals surface area contributed by atoms with Crippen molar-refractivity contribution < 1.29 is 17.9 Å². The summed E-state index contributed by atoms with van der Waals surface area (Å²) >= 11 is 5.87. The van der Waals surface area contributed by atoms with E-state index in [0.717, 1.165) is 18.9 Å². The number of halogens is 1. The van der Waals surface area contributed by atoms with E-state index in [2.05, 4.69) is 9.88 Å². The second-order valence-corrected chi connectivity index (χ2v) is 9.35. The molecule has 29 heavy (non-hydrogen) atoms. The molecule has 2 aromatic rings. The van der Waals surface area contributed by atoms with Gasteiger partial charge in [0.15, 0.2) is 9.84 Å². The Morgan fingerprint density at radius 1 is 1.10 bits per heavy atom. The summed E-state index contributed by atoms with van der Waals surface area (Å²) in [7, 11) is -3.21. The number of nitrogens with zero attached hydrogens (tertiary/aromatic N) is 3. The van der Waals surface area contributed by atoms with Gasteiger partial charge < -0.3 is 14.5 Å². The summed E-state index contributed by atoms with van der Waals surface area (Å²) in [5.74, 6) is 1.58. The first-order valence-electron chi connectivity index (χ1n) is 9.40. The zero-order valence-corrected chi connectivity index (χ0v) is 17.8. The van der Waals surface area contributed by atoms with Crippen molar-refractivity contribution in [3.05, 3.63) is 47.6 Å². The highest BCUT2D eigenvalue weighted by Crippen LogP contribution is 2.18. The van der Waals surface area contributed by atoms with Crippen molar-refractivity contribution in [2.45, 2.75) is 17.7 Å². The third-order valence-corrected chi connectivity index (χ3v) is 6.08. The number of hydrogen-bond acceptors (Lipinski definition) is 6. The van der Waals surface area contributed by atoms with Crippen LogP contribution < -0.4 is 9.64 Å². The molecule has 1 saturated heterocycles. The molecule has 2 heterocycles. The van der Waals surface area contributed by atoms with Crippen molar-refractivity contribution in [3.8, 4) is 5.75 Å². The fourth-order valence-electron chi connectivity index (χ4n) is 3.09. The van der Waals surface area contributed by atoms with E-state index in [1.165, 1.54) is 18.4 Å². The zero-order valence-electron chi connectivity index (χ0n) is 16.3. The standard InChI is InChI=1S/C20H24ClN3O4S/c1-29(26,27)18-7-5-17(6-8-18)28-14-2-3-20(25)24-12-10-23(11-13-24)19-9-4-16(21)15-22-19/h4-9,15H,2-3,10-14H2,1H3. The van der Waals surface area contributed by atoms with Gasteiger partial charge in [-0.25, -0.2) is 13.4 Å². The number of hydrogen-bond donors (Lipinski definition) is 0. The lowest BCUT2D eigenvalue weighted by Gasteiger charge is -2.35. The fourth-order valence-corrected chi connectivity index (χ4v) is 3.84. The summed E-state index contributed by atoms with van der Waals surface area (Å²) in [5.41, 5.74) is 0. The minimum Gasteiger partial charge on any atom is -0.494 e. The molecule has 0 saturated carbocycles. The lowest BCUT2D eigenvalue weighted by molar-refractivity contribution is -0.131. The lowest BCUT2D eigenvalue weighted by atomic mass is 10.2. The normalized spacial score (nSPS) is 14.7. The maximum Gasteiger partial charge on any atom is 0.222 e. The van der Waals surface area contributed by atoms with Crippen molar-refractivity contribution >= 4 is 33.2 Å². The first kappa shape index (κ1) is 21.4. The molecule has 0 bridgehead atoms. The molecule has 1 aliphatic heterocycles. The van der Waals surface area contributed by atoms with Gasteiger partial charge in [-0.2, -0.15) is 0 Å². The summed E-state index contributed by atoms with van der Waals surface area (Å²) in [6, 6.07) is 10.00. The molecule has 0 aliphatic carbocycles. The van der Waals surface area contributed by atoms with Gasteiger partial charge in [-0.15, -0.1) is 0 Å². The molecule has 0 atom stereocenters. The van der Waals surface area contributed by atoms with Crippen molar-refractivity contribution in [2.24, 2.45) is 0 Å². The van der Waals surface area contributed by atoms with Crippen LogP contribution in [0.15, 0.2) is 47.5 Å². The number of carbonyl (C=O) groups excluding carboxylic acids is 1. The van der Waals surface area contributed by atoms with E-state index in [0.29, 0.717) is 43.3 Å². The van der Waals surface area contributed by atoms with E-state index in [1.807, 2.05) is 17.0 Å². The lowest BCUT2D eigenvalue weighted by Crippen LogP contribution is -2.49. The van der Waals surface area contributed by atoms with E-state index in [-0.39, 0.29) is 10.8 Å². The number of rotatable bonds is 7. The quantitative estimate of drug-likeness (QED) is 0.619. The van der Waals surface area contributed by atoms with Crippen LogP contribution in [0.1, 0.15) is 12.8 Å². The molecule has 156 valence electrons. The van der Waals surface area contributed by atoms with E-state index in [9.17, 15) is 13.2 Å². The molecule has 1 aromatic carbocycles. The average molecular weight is 438 g/mol. The van der Waals surface area contributed by atoms with Crippen molar-refractivity contribution in [1.82, 2.24) is 9.88 Å². The predicted molar refractivity (Wildman–Crippen MR) is 112 cm³/mol. The van der Waals surface area contributed by atoms with Crippen LogP contribution in [-0.2, 0) is 14.6 Å². The molecule has 0 unspecified atom stereocenters. The first-order chi connectivity index (χ1) is 13.8. The van der Waals surface area contributed by atoms with Gasteiger partial charge >= 0.3 is 0 Å². The second kappa shape index (κ2) is 9.45. The molecule has 9 heteroatoms. The molecule has 1 aromatic heterocycles. The van der Waals surface area contributed by atoms with Crippen molar-refractivity contribution in [2.75, 3.05) is 43.9 Å². The summed E-state index contributed by atoms with van der Waals surface area (Å²) in [6.07, 6.45) is 3.82. The molecule has 0 N–H and O–H groups in total. The molecule has 7 nitrogen and oxygen atoms in total. The number of benzene rings is 1. The van der Waals surface area contributed by atoms with Gasteiger partial charge in [-0.1, -0.05) is 11.6 Å². The molecule has 1 fully saturated rings. The van der Waals surface area contributed by atoms with E-state index in [1.54, 1.807) is 18.3 Å². The molecular weight excluding hydrogens is 414 g/mol. The van der Waals surface area contributed by atoms with Crippen molar-refractivity contribution in [1.29, 1.82) is 0 Å². The highest BCUT2D eigenvalue weighted by Gasteiger charge is 2.21. The van der Waals surface area contributed by atoms with Gasteiger partial charge in [0.2, 0.25) is 5.91 Å². The Morgan fingerprint density at radius 2 is 1.79 bits per heavy atom. The third-order valence-electron chi connectivity index (χ3n) is 4.72. The van der Waals surface area contributed by atoms with Gasteiger partial charge in [-0.05, 0) is 42.8 Å². The summed E-state index contributed by atoms with van der Waals surface area (Å²) in [4.78, 5) is 21.0. The van der Waals surface area contributed by atoms with Crippen LogP contribution in [0, 0.1) is 0 Å². The van der Waals surface area contributed by atoms with Gasteiger partial charge in [0.05, 0.1) is 16.5 Å². The maximum absolute atomic E-state index is 12.4. The Hall–Kier alpha value is -2.32. The molecular formula is C20H24ClN3O4S. The van der Waals surface area contributed by atoms with Crippen molar-refractivity contribution in [3.63, 3.8) is 0 Å². The largest absolute Gasteiger partial charge is 0.494 e. The third kappa shape index (κ3) is 6.08. The minimum absolute atomic E-state index is 0.115. The van der Waals surface area contributed by atoms with Crippen LogP contribution in [0.5, 0.6) is 5.75 Å². The van der Waals surface area contributed by atoms with E-state index in [4.69, 9.17) is 16.3 Å². The maximum atomic E-state index is 12.4. The summed E-state index contributed by atoms with van der Waals surface area (Å²) in [6.45, 7) is 3.21. The topological polar surface area (TPSA) is 79.8 Å². The minimum atomic E-state index is -3.21. The number of aromatic nitrogens is 1. The number of carbonyl (C=O) groups is 1. The van der Waals surface area contributed by atoms with Crippen LogP contribution in [0.2, 0.25) is 5.02 Å². The first-order valence-corrected chi connectivity index (χ1v) is 11.7.